The van der Waals surface area contributed by atoms with Crippen LogP contribution in [-0.4, -0.2) is 25.8 Å². The van der Waals surface area contributed by atoms with Crippen LogP contribution in [0.3, 0.4) is 0 Å². The molecule has 1 saturated heterocycles. The van der Waals surface area contributed by atoms with Crippen molar-refractivity contribution in [2.45, 2.75) is 23.5 Å². The Morgan fingerprint density at radius 3 is 2.15 bits per heavy atom. The maximum absolute atomic E-state index is 11.2. The third-order valence-electron chi connectivity index (χ3n) is 3.07. The molecule has 1 unspecified atom stereocenters. The van der Waals surface area contributed by atoms with Gasteiger partial charge in [-0.1, -0.05) is 11.6 Å². The van der Waals surface area contributed by atoms with E-state index in [1.54, 1.807) is 0 Å². The Morgan fingerprint density at radius 1 is 1.23 bits per heavy atom. The van der Waals surface area contributed by atoms with Crippen molar-refractivity contribution < 1.29 is 13.2 Å². The lowest BCUT2D eigenvalue weighted by Crippen LogP contribution is -2.27. The second-order valence-corrected chi connectivity index (χ2v) is 7.40. The maximum atomic E-state index is 11.2. The van der Waals surface area contributed by atoms with Crippen molar-refractivity contribution in [3.63, 3.8) is 0 Å². The second-order valence-electron chi connectivity index (χ2n) is 3.74. The van der Waals surface area contributed by atoms with Crippen LogP contribution in [-0.2, 0) is 13.8 Å². The molecule has 3 nitrogen and oxygen atoms in total. The molecule has 1 aliphatic carbocycles. The Labute approximate surface area is 86.8 Å². The molecular formula is C7H10Cl2O3S. The number of ether oxygens (including phenoxy) is 1. The first-order valence-electron chi connectivity index (χ1n) is 4.12. The summed E-state index contributed by atoms with van der Waals surface area (Å²) in [6.07, 6.45) is 1.86. The monoisotopic (exact) mass is 244 g/mol. The van der Waals surface area contributed by atoms with Crippen molar-refractivity contribution in [2.75, 3.05) is 13.2 Å². The zero-order valence-electron chi connectivity index (χ0n) is 6.92. The first-order valence-corrected chi connectivity index (χ1v) is 6.81. The van der Waals surface area contributed by atoms with Gasteiger partial charge < -0.3 is 4.74 Å². The lowest BCUT2D eigenvalue weighted by molar-refractivity contribution is 0.0570. The summed E-state index contributed by atoms with van der Waals surface area (Å²) in [5, 5.41) is 0. The molecule has 13 heavy (non-hydrogen) atoms. The van der Waals surface area contributed by atoms with Gasteiger partial charge in [-0.05, 0) is 19.3 Å². The quantitative estimate of drug-likeness (QED) is 0.521. The van der Waals surface area contributed by atoms with E-state index >= 15 is 0 Å². The van der Waals surface area contributed by atoms with E-state index in [-0.39, 0.29) is 5.41 Å². The summed E-state index contributed by atoms with van der Waals surface area (Å²) in [4.78, 5) is 0. The molecule has 1 atom stereocenters. The normalized spacial score (nSPS) is 37.7. The van der Waals surface area contributed by atoms with Gasteiger partial charge in [-0.15, -0.1) is 0 Å². The number of halogens is 2. The van der Waals surface area contributed by atoms with Gasteiger partial charge in [0, 0.05) is 29.3 Å². The molecule has 1 aliphatic heterocycles. The van der Waals surface area contributed by atoms with Crippen LogP contribution in [0, 0.1) is 5.41 Å². The fourth-order valence-electron chi connectivity index (χ4n) is 2.05. The van der Waals surface area contributed by atoms with Crippen LogP contribution in [0.5, 0.6) is 0 Å². The summed E-state index contributed by atoms with van der Waals surface area (Å²) in [5.41, 5.74) is -0.312. The molecular weight excluding hydrogens is 235 g/mol. The van der Waals surface area contributed by atoms with Crippen LogP contribution in [0.25, 0.3) is 0 Å². The third kappa shape index (κ3) is 1.30. The van der Waals surface area contributed by atoms with Crippen LogP contribution >= 0.6 is 22.3 Å². The van der Waals surface area contributed by atoms with E-state index in [2.05, 4.69) is 0 Å². The first-order chi connectivity index (χ1) is 5.91. The average molecular weight is 245 g/mol. The fourth-order valence-corrected chi connectivity index (χ4v) is 4.32. The van der Waals surface area contributed by atoms with Crippen molar-refractivity contribution >= 4 is 31.3 Å². The van der Waals surface area contributed by atoms with Gasteiger partial charge in [-0.3, -0.25) is 0 Å². The topological polar surface area (TPSA) is 43.4 Å². The Bertz CT molecular complexity index is 321. The number of hydrogen-bond acceptors (Lipinski definition) is 3. The summed E-state index contributed by atoms with van der Waals surface area (Å²) >= 11 is 5.98. The summed E-state index contributed by atoms with van der Waals surface area (Å²) < 4.78 is 26.3. The number of rotatable bonds is 1. The molecule has 6 heteroatoms. The fraction of sp³-hybridized carbons (Fsp3) is 1.00. The molecule has 1 spiro atoms. The molecule has 2 aliphatic rings. The van der Waals surface area contributed by atoms with Gasteiger partial charge in [-0.25, -0.2) is 8.42 Å². The average Bonchev–Trinajstić information content (AvgIpc) is 2.58. The zero-order valence-corrected chi connectivity index (χ0v) is 9.25. The highest BCUT2D eigenvalue weighted by Gasteiger charge is 2.73. The van der Waals surface area contributed by atoms with Crippen molar-refractivity contribution in [3.8, 4) is 0 Å². The predicted molar refractivity (Wildman–Crippen MR) is 50.5 cm³/mol. The lowest BCUT2D eigenvalue weighted by Gasteiger charge is -2.24. The minimum absolute atomic E-state index is 0.312. The standard InChI is InChI=1S/C7H10Cl2O3S/c8-7(13(9,10)11)5-6(7)1-3-12-4-2-6/h1-5H2. The molecule has 0 bridgehead atoms. The highest BCUT2D eigenvalue weighted by atomic mass is 35.7. The van der Waals surface area contributed by atoms with Crippen LogP contribution in [0.4, 0.5) is 0 Å². The third-order valence-corrected chi connectivity index (χ3v) is 6.59. The van der Waals surface area contributed by atoms with E-state index in [0.29, 0.717) is 32.5 Å². The summed E-state index contributed by atoms with van der Waals surface area (Å²) in [6, 6.07) is 0. The first kappa shape index (κ1) is 10.0. The maximum Gasteiger partial charge on any atom is 0.252 e. The van der Waals surface area contributed by atoms with Crippen molar-refractivity contribution in [1.29, 1.82) is 0 Å². The molecule has 0 N–H and O–H groups in total. The highest BCUT2D eigenvalue weighted by Crippen LogP contribution is 2.69. The minimum atomic E-state index is -3.66. The Morgan fingerprint density at radius 2 is 1.77 bits per heavy atom. The van der Waals surface area contributed by atoms with Crippen molar-refractivity contribution in [1.82, 2.24) is 0 Å². The number of hydrogen-bond donors (Lipinski definition) is 0. The van der Waals surface area contributed by atoms with Crippen LogP contribution in [0.1, 0.15) is 19.3 Å². The summed E-state index contributed by atoms with van der Waals surface area (Å²) in [6.45, 7) is 1.17. The predicted octanol–water partition coefficient (Wildman–Crippen LogP) is 1.69. The summed E-state index contributed by atoms with van der Waals surface area (Å²) in [7, 11) is 1.64. The van der Waals surface area contributed by atoms with Gasteiger partial charge in [0.25, 0.3) is 9.05 Å². The molecule has 2 rings (SSSR count). The van der Waals surface area contributed by atoms with Gasteiger partial charge in [-0.2, -0.15) is 0 Å². The van der Waals surface area contributed by atoms with Crippen molar-refractivity contribution in [2.24, 2.45) is 5.41 Å². The largest absolute Gasteiger partial charge is 0.381 e. The van der Waals surface area contributed by atoms with Gasteiger partial charge >= 0.3 is 0 Å². The Kier molecular flexibility index (Phi) is 2.12. The highest BCUT2D eigenvalue weighted by molar-refractivity contribution is 8.16. The van der Waals surface area contributed by atoms with Crippen molar-refractivity contribution in [3.05, 3.63) is 0 Å². The smallest absolute Gasteiger partial charge is 0.252 e. The lowest BCUT2D eigenvalue weighted by atomic mass is 9.97. The van der Waals surface area contributed by atoms with Gasteiger partial charge in [0.05, 0.1) is 0 Å². The van der Waals surface area contributed by atoms with E-state index in [0.717, 1.165) is 0 Å². The van der Waals surface area contributed by atoms with E-state index in [9.17, 15) is 8.42 Å². The molecule has 0 aromatic heterocycles. The van der Waals surface area contributed by atoms with Crippen LogP contribution < -0.4 is 0 Å². The van der Waals surface area contributed by atoms with Crippen LogP contribution in [0.2, 0.25) is 0 Å². The van der Waals surface area contributed by atoms with E-state index < -0.39 is 13.3 Å². The minimum Gasteiger partial charge on any atom is -0.381 e. The number of alkyl halides is 1. The molecule has 0 aromatic carbocycles. The molecule has 0 aromatic rings. The molecule has 0 radical (unpaired) electrons. The summed E-state index contributed by atoms with van der Waals surface area (Å²) in [5.74, 6) is 0. The SMILES string of the molecule is O=S(=O)(Cl)C1(Cl)CC12CCOCC2. The second kappa shape index (κ2) is 2.75. The van der Waals surface area contributed by atoms with Gasteiger partial charge in [0.2, 0.25) is 0 Å². The molecule has 1 heterocycles. The van der Waals surface area contributed by atoms with E-state index in [1.165, 1.54) is 0 Å². The Balaban J connectivity index is 2.23. The van der Waals surface area contributed by atoms with E-state index in [4.69, 9.17) is 27.0 Å². The van der Waals surface area contributed by atoms with Gasteiger partial charge in [0.15, 0.2) is 4.21 Å². The zero-order chi connectivity index (χ0) is 9.74. The molecule has 0 amide bonds. The van der Waals surface area contributed by atoms with E-state index in [1.807, 2.05) is 0 Å². The molecule has 2 fully saturated rings. The molecule has 76 valence electrons. The molecule has 1 saturated carbocycles. The van der Waals surface area contributed by atoms with Gasteiger partial charge in [0.1, 0.15) is 0 Å². The van der Waals surface area contributed by atoms with Crippen LogP contribution in [0.15, 0.2) is 0 Å². The Hall–Kier alpha value is 0.490.